The first-order valence-corrected chi connectivity index (χ1v) is 15.8. The van der Waals surface area contributed by atoms with Crippen molar-refractivity contribution < 1.29 is 22.6 Å². The van der Waals surface area contributed by atoms with Gasteiger partial charge in [-0.15, -0.1) is 5.10 Å². The number of fused-ring (bicyclic) bond motifs is 2. The summed E-state index contributed by atoms with van der Waals surface area (Å²) in [6.07, 6.45) is 8.24. The van der Waals surface area contributed by atoms with Crippen molar-refractivity contribution in [2.75, 3.05) is 39.9 Å². The van der Waals surface area contributed by atoms with E-state index in [2.05, 4.69) is 20.4 Å². The van der Waals surface area contributed by atoms with Crippen molar-refractivity contribution in [2.24, 2.45) is 0 Å². The molecule has 0 fully saturated rings. The molecule has 1 N–H and O–H groups in total. The van der Waals surface area contributed by atoms with E-state index in [-0.39, 0.29) is 13.1 Å². The van der Waals surface area contributed by atoms with Crippen LogP contribution in [-0.2, 0) is 23.1 Å². The molecule has 45 heavy (non-hydrogen) atoms. The molecule has 0 atom stereocenters. The van der Waals surface area contributed by atoms with Crippen LogP contribution in [0.3, 0.4) is 0 Å². The minimum Gasteiger partial charge on any atom is -0.497 e. The molecule has 4 heterocycles. The number of aromatic nitrogens is 6. The molecular weight excluding hydrogens is 596 g/mol. The molecule has 0 unspecified atom stereocenters. The van der Waals surface area contributed by atoms with Gasteiger partial charge in [0.2, 0.25) is 10.0 Å². The van der Waals surface area contributed by atoms with Crippen molar-refractivity contribution in [3.8, 4) is 34.2 Å². The van der Waals surface area contributed by atoms with Crippen LogP contribution in [0.25, 0.3) is 33.5 Å². The van der Waals surface area contributed by atoms with Crippen LogP contribution in [0, 0.1) is 0 Å². The summed E-state index contributed by atoms with van der Waals surface area (Å²) < 4.78 is 47.3. The van der Waals surface area contributed by atoms with Gasteiger partial charge in [-0.2, -0.15) is 9.40 Å². The fourth-order valence-corrected chi connectivity index (χ4v) is 5.95. The second-order valence-corrected chi connectivity index (χ2v) is 12.2. The largest absolute Gasteiger partial charge is 0.497 e. The monoisotopic (exact) mass is 628 g/mol. The number of sulfonamides is 1. The van der Waals surface area contributed by atoms with Gasteiger partial charge in [0.15, 0.2) is 11.5 Å². The summed E-state index contributed by atoms with van der Waals surface area (Å²) in [5, 5.41) is 13.2. The first kappa shape index (κ1) is 29.8. The van der Waals surface area contributed by atoms with E-state index in [4.69, 9.17) is 19.3 Å². The van der Waals surface area contributed by atoms with Crippen LogP contribution < -0.4 is 19.5 Å². The summed E-state index contributed by atoms with van der Waals surface area (Å²) in [5.41, 5.74) is 5.06. The molecule has 0 amide bonds. The van der Waals surface area contributed by atoms with Gasteiger partial charge in [-0.25, -0.2) is 22.6 Å². The van der Waals surface area contributed by atoms with Gasteiger partial charge in [-0.1, -0.05) is 12.1 Å². The molecule has 0 bridgehead atoms. The Bertz CT molecular complexity index is 2130. The van der Waals surface area contributed by atoms with Crippen LogP contribution in [0.5, 0.6) is 17.2 Å². The molecule has 0 aliphatic carbocycles. The molecule has 0 saturated carbocycles. The molecule has 0 radical (unpaired) electrons. The van der Waals surface area contributed by atoms with Crippen LogP contribution in [-0.4, -0.2) is 76.7 Å². The Labute approximate surface area is 260 Å². The number of anilines is 1. The summed E-state index contributed by atoms with van der Waals surface area (Å²) in [4.78, 5) is 9.15. The first-order chi connectivity index (χ1) is 21.7. The molecule has 14 heteroatoms. The van der Waals surface area contributed by atoms with Gasteiger partial charge in [-0.3, -0.25) is 4.98 Å². The average Bonchev–Trinajstić information content (AvgIpc) is 3.65. The lowest BCUT2D eigenvalue weighted by Gasteiger charge is -2.22. The third-order valence-electron chi connectivity index (χ3n) is 7.50. The topological polar surface area (TPSA) is 138 Å². The van der Waals surface area contributed by atoms with E-state index in [0.29, 0.717) is 45.7 Å². The van der Waals surface area contributed by atoms with E-state index in [0.717, 1.165) is 22.0 Å². The van der Waals surface area contributed by atoms with Crippen molar-refractivity contribution in [1.29, 1.82) is 0 Å². The number of hydrogen-bond acceptors (Lipinski definition) is 10. The number of methoxy groups -OCH3 is 3. The molecular formula is C31H32N8O5S. The average molecular weight is 629 g/mol. The van der Waals surface area contributed by atoms with E-state index >= 15 is 0 Å². The lowest BCUT2D eigenvalue weighted by molar-refractivity contribution is 0.370. The van der Waals surface area contributed by atoms with E-state index in [1.54, 1.807) is 74.4 Å². The van der Waals surface area contributed by atoms with Crippen LogP contribution >= 0.6 is 0 Å². The van der Waals surface area contributed by atoms with Gasteiger partial charge in [0.05, 0.1) is 55.9 Å². The highest BCUT2D eigenvalue weighted by Crippen LogP contribution is 2.34. The molecule has 2 aromatic carbocycles. The Hall–Kier alpha value is -5.21. The summed E-state index contributed by atoms with van der Waals surface area (Å²) in [6, 6.07) is 14.6. The van der Waals surface area contributed by atoms with Gasteiger partial charge >= 0.3 is 0 Å². The Kier molecular flexibility index (Phi) is 7.99. The Morgan fingerprint density at radius 2 is 1.76 bits per heavy atom. The zero-order valence-corrected chi connectivity index (χ0v) is 26.2. The quantitative estimate of drug-likeness (QED) is 0.223. The maximum atomic E-state index is 12.9. The highest BCUT2D eigenvalue weighted by molar-refractivity contribution is 7.88. The van der Waals surface area contributed by atoms with Crippen LogP contribution in [0.15, 0.2) is 73.3 Å². The normalized spacial score (nSPS) is 11.8. The van der Waals surface area contributed by atoms with Crippen molar-refractivity contribution in [3.05, 3.63) is 84.4 Å². The van der Waals surface area contributed by atoms with Crippen LogP contribution in [0.1, 0.15) is 11.1 Å². The van der Waals surface area contributed by atoms with Gasteiger partial charge in [-0.05, 0) is 35.9 Å². The zero-order chi connectivity index (χ0) is 31.7. The predicted octanol–water partition coefficient (Wildman–Crippen LogP) is 4.16. The fourth-order valence-electron chi connectivity index (χ4n) is 5.20. The summed E-state index contributed by atoms with van der Waals surface area (Å²) >= 11 is 0. The highest BCUT2D eigenvalue weighted by Gasteiger charge is 2.22. The number of pyridine rings is 1. The number of hydrogen-bond donors (Lipinski definition) is 1. The molecule has 6 rings (SSSR count). The molecule has 4 aromatic heterocycles. The van der Waals surface area contributed by atoms with E-state index in [1.807, 2.05) is 36.5 Å². The minimum atomic E-state index is -3.59. The second kappa shape index (κ2) is 12.1. The molecule has 13 nitrogen and oxygen atoms in total. The van der Waals surface area contributed by atoms with Crippen molar-refractivity contribution in [2.45, 2.75) is 13.1 Å². The fraction of sp³-hybridized carbons (Fsp3) is 0.226. The third kappa shape index (κ3) is 5.72. The lowest BCUT2D eigenvalue weighted by atomic mass is 10.1. The molecule has 0 saturated heterocycles. The standard InChI is InChI=1S/C31H32N8O5S/c1-32-30-24-16-34-25(23-17-35-38-12-6-11-33-31(23)38)15-27(24)39(36-30)26-10-7-20(13-29(26)44-4)18-37(45(5,40)41)19-21-8-9-22(42-2)14-28(21)43-3/h6-17H,18-19H2,1-5H3,(H,32,36). The minimum absolute atomic E-state index is 0.111. The van der Waals surface area contributed by atoms with Gasteiger partial charge in [0.25, 0.3) is 0 Å². The van der Waals surface area contributed by atoms with Gasteiger partial charge in [0.1, 0.15) is 22.9 Å². The smallest absolute Gasteiger partial charge is 0.211 e. The van der Waals surface area contributed by atoms with Crippen LogP contribution in [0.4, 0.5) is 5.82 Å². The summed E-state index contributed by atoms with van der Waals surface area (Å²) in [5.74, 6) is 2.32. The Balaban J connectivity index is 1.37. The lowest BCUT2D eigenvalue weighted by Crippen LogP contribution is -2.29. The first-order valence-electron chi connectivity index (χ1n) is 13.9. The number of nitrogens with one attached hydrogen (secondary N) is 1. The van der Waals surface area contributed by atoms with Gasteiger partial charge < -0.3 is 19.5 Å². The SMILES string of the molecule is CNc1nn(-c2ccc(CN(Cc3ccc(OC)cc3OC)S(C)(=O)=O)cc2OC)c2cc(-c3cnn4cccnc34)ncc12. The second-order valence-electron chi connectivity index (χ2n) is 10.3. The number of rotatable bonds is 11. The zero-order valence-electron chi connectivity index (χ0n) is 25.4. The molecule has 6 aromatic rings. The van der Waals surface area contributed by atoms with Gasteiger partial charge in [0, 0.05) is 50.4 Å². The molecule has 232 valence electrons. The predicted molar refractivity (Wildman–Crippen MR) is 171 cm³/mol. The van der Waals surface area contributed by atoms with Crippen molar-refractivity contribution in [3.63, 3.8) is 0 Å². The van der Waals surface area contributed by atoms with Crippen molar-refractivity contribution >= 4 is 32.4 Å². The number of ether oxygens (including phenoxy) is 3. The van der Waals surface area contributed by atoms with Crippen LogP contribution in [0.2, 0.25) is 0 Å². The summed E-state index contributed by atoms with van der Waals surface area (Å²) in [6.45, 7) is 0.224. The van der Waals surface area contributed by atoms with Crippen molar-refractivity contribution in [1.82, 2.24) is 33.7 Å². The Morgan fingerprint density at radius 3 is 2.49 bits per heavy atom. The Morgan fingerprint density at radius 1 is 0.933 bits per heavy atom. The molecule has 0 spiro atoms. The molecule has 0 aliphatic rings. The third-order valence-corrected chi connectivity index (χ3v) is 8.69. The number of nitrogens with zero attached hydrogens (tertiary/aromatic N) is 7. The molecule has 0 aliphatic heterocycles. The maximum absolute atomic E-state index is 12.9. The highest BCUT2D eigenvalue weighted by atomic mass is 32.2. The maximum Gasteiger partial charge on any atom is 0.211 e. The summed E-state index contributed by atoms with van der Waals surface area (Å²) in [7, 11) is 2.88. The van der Waals surface area contributed by atoms with E-state index < -0.39 is 10.0 Å². The van der Waals surface area contributed by atoms with E-state index in [1.165, 1.54) is 10.6 Å². The van der Waals surface area contributed by atoms with E-state index in [9.17, 15) is 8.42 Å². The number of benzene rings is 2.